The SMILES string of the molecule is CC(C)(C)OC(=O)CC[C@H](NC(=O)N[C@@H](CCC(=O)O)C(=O)OC(C)(C)C)C(=O)OC(C)(C)C. The number of carbonyl (C=O) groups is 5. The molecule has 0 unspecified atom stereocenters. The summed E-state index contributed by atoms with van der Waals surface area (Å²) in [4.78, 5) is 60.7. The highest BCUT2D eigenvalue weighted by Gasteiger charge is 2.31. The zero-order chi connectivity index (χ0) is 26.9. The van der Waals surface area contributed by atoms with Gasteiger partial charge in [-0.05, 0) is 75.2 Å². The third-order valence-corrected chi connectivity index (χ3v) is 3.70. The Kier molecular flexibility index (Phi) is 11.5. The van der Waals surface area contributed by atoms with Gasteiger partial charge in [0.1, 0.15) is 28.9 Å². The highest BCUT2D eigenvalue weighted by atomic mass is 16.6. The Morgan fingerprint density at radius 1 is 0.647 bits per heavy atom. The van der Waals surface area contributed by atoms with Crippen LogP contribution in [0.4, 0.5) is 4.79 Å². The van der Waals surface area contributed by atoms with Crippen molar-refractivity contribution in [2.75, 3.05) is 0 Å². The van der Waals surface area contributed by atoms with Crippen LogP contribution in [0.25, 0.3) is 0 Å². The zero-order valence-corrected chi connectivity index (χ0v) is 21.7. The summed E-state index contributed by atoms with van der Waals surface area (Å²) in [5.74, 6) is -3.30. The average Bonchev–Trinajstić information content (AvgIpc) is 2.57. The van der Waals surface area contributed by atoms with Crippen molar-refractivity contribution in [2.45, 2.75) is 117 Å². The molecule has 0 rings (SSSR count). The van der Waals surface area contributed by atoms with Crippen LogP contribution in [0.3, 0.4) is 0 Å². The number of hydrogen-bond acceptors (Lipinski definition) is 8. The number of ether oxygens (including phenoxy) is 3. The molecule has 0 fully saturated rings. The van der Waals surface area contributed by atoms with E-state index in [1.165, 1.54) is 0 Å². The second-order valence-electron chi connectivity index (χ2n) is 10.8. The zero-order valence-electron chi connectivity index (χ0n) is 21.7. The Hall–Kier alpha value is -2.85. The molecular weight excluding hydrogens is 448 g/mol. The number of carboxylic acids is 1. The largest absolute Gasteiger partial charge is 0.481 e. The number of hydrogen-bond donors (Lipinski definition) is 3. The van der Waals surface area contributed by atoms with Gasteiger partial charge in [0.05, 0.1) is 0 Å². The van der Waals surface area contributed by atoms with Gasteiger partial charge in [-0.1, -0.05) is 0 Å². The Labute approximate surface area is 201 Å². The van der Waals surface area contributed by atoms with E-state index in [4.69, 9.17) is 19.3 Å². The number of carboxylic acid groups (broad SMARTS) is 1. The van der Waals surface area contributed by atoms with Crippen LogP contribution in [0.15, 0.2) is 0 Å². The maximum absolute atomic E-state index is 12.6. The van der Waals surface area contributed by atoms with Gasteiger partial charge >= 0.3 is 29.9 Å². The number of rotatable bonds is 10. The van der Waals surface area contributed by atoms with Crippen molar-refractivity contribution in [3.8, 4) is 0 Å². The molecular formula is C23H40N2O9. The van der Waals surface area contributed by atoms with E-state index in [0.717, 1.165) is 0 Å². The highest BCUT2D eigenvalue weighted by Crippen LogP contribution is 2.14. The standard InChI is InChI=1S/C23H40N2O9/c1-21(2,3)32-17(28)13-11-15(19(30)34-23(7,8)9)25-20(31)24-14(10-12-16(26)27)18(29)33-22(4,5)6/h14-15H,10-13H2,1-9H3,(H,26,27)(H2,24,25,31)/t14-,15-/m0/s1. The number of aliphatic carboxylic acids is 1. The van der Waals surface area contributed by atoms with Crippen molar-refractivity contribution < 1.29 is 43.3 Å². The number of urea groups is 1. The smallest absolute Gasteiger partial charge is 0.329 e. The first-order valence-electron chi connectivity index (χ1n) is 11.1. The molecule has 2 amide bonds. The molecule has 0 heterocycles. The predicted octanol–water partition coefficient (Wildman–Crippen LogP) is 2.69. The fourth-order valence-corrected chi connectivity index (χ4v) is 2.52. The molecule has 0 aromatic carbocycles. The van der Waals surface area contributed by atoms with Crippen LogP contribution in [-0.4, -0.2) is 63.9 Å². The molecule has 0 aliphatic heterocycles. The molecule has 0 aromatic rings. The molecule has 0 bridgehead atoms. The van der Waals surface area contributed by atoms with E-state index in [1.54, 1.807) is 62.3 Å². The van der Waals surface area contributed by atoms with Crippen molar-refractivity contribution in [2.24, 2.45) is 0 Å². The van der Waals surface area contributed by atoms with E-state index >= 15 is 0 Å². The van der Waals surface area contributed by atoms with Crippen molar-refractivity contribution in [1.82, 2.24) is 10.6 Å². The summed E-state index contributed by atoms with van der Waals surface area (Å²) in [6.45, 7) is 15.0. The van der Waals surface area contributed by atoms with Crippen molar-refractivity contribution in [3.63, 3.8) is 0 Å². The molecule has 0 aliphatic carbocycles. The fourth-order valence-electron chi connectivity index (χ4n) is 2.52. The lowest BCUT2D eigenvalue weighted by atomic mass is 10.1. The molecule has 0 aromatic heterocycles. The Bertz CT molecular complexity index is 743. The molecule has 2 atom stereocenters. The second kappa shape index (κ2) is 12.6. The van der Waals surface area contributed by atoms with Crippen LogP contribution >= 0.6 is 0 Å². The minimum absolute atomic E-state index is 0.108. The van der Waals surface area contributed by atoms with Gasteiger partial charge in [0.2, 0.25) is 0 Å². The van der Waals surface area contributed by atoms with Crippen LogP contribution in [0.1, 0.15) is 88.0 Å². The molecule has 11 nitrogen and oxygen atoms in total. The van der Waals surface area contributed by atoms with E-state index in [0.29, 0.717) is 0 Å². The summed E-state index contributed by atoms with van der Waals surface area (Å²) in [5, 5.41) is 13.7. The molecule has 0 saturated heterocycles. The molecule has 11 heteroatoms. The molecule has 34 heavy (non-hydrogen) atoms. The molecule has 3 N–H and O–H groups in total. The highest BCUT2D eigenvalue weighted by molar-refractivity contribution is 5.88. The quantitative estimate of drug-likeness (QED) is 0.310. The van der Waals surface area contributed by atoms with Gasteiger partial charge in [-0.15, -0.1) is 0 Å². The Morgan fingerprint density at radius 3 is 1.32 bits per heavy atom. The lowest BCUT2D eigenvalue weighted by Gasteiger charge is -2.27. The molecule has 196 valence electrons. The van der Waals surface area contributed by atoms with Crippen LogP contribution in [0, 0.1) is 0 Å². The number of nitrogens with one attached hydrogen (secondary N) is 2. The van der Waals surface area contributed by atoms with Crippen LogP contribution < -0.4 is 10.6 Å². The maximum atomic E-state index is 12.6. The van der Waals surface area contributed by atoms with Gasteiger partial charge in [-0.25, -0.2) is 14.4 Å². The van der Waals surface area contributed by atoms with Crippen molar-refractivity contribution in [3.05, 3.63) is 0 Å². The van der Waals surface area contributed by atoms with E-state index in [2.05, 4.69) is 10.6 Å². The summed E-state index contributed by atoms with van der Waals surface area (Å²) in [6, 6.07) is -3.40. The van der Waals surface area contributed by atoms with E-state index in [9.17, 15) is 24.0 Å². The lowest BCUT2D eigenvalue weighted by Crippen LogP contribution is -2.53. The summed E-state index contributed by atoms with van der Waals surface area (Å²) in [5.41, 5.74) is -2.42. The second-order valence-corrected chi connectivity index (χ2v) is 10.8. The van der Waals surface area contributed by atoms with Gasteiger partial charge in [-0.3, -0.25) is 9.59 Å². The van der Waals surface area contributed by atoms with Crippen molar-refractivity contribution in [1.29, 1.82) is 0 Å². The molecule has 0 spiro atoms. The minimum Gasteiger partial charge on any atom is -0.481 e. The Balaban J connectivity index is 5.43. The summed E-state index contributed by atoms with van der Waals surface area (Å²) in [6.07, 6.45) is -0.884. The van der Waals surface area contributed by atoms with Gasteiger partial charge < -0.3 is 30.0 Å². The van der Waals surface area contributed by atoms with E-state index in [1.807, 2.05) is 0 Å². The summed E-state index contributed by atoms with van der Waals surface area (Å²) in [7, 11) is 0. The monoisotopic (exact) mass is 488 g/mol. The summed E-state index contributed by atoms with van der Waals surface area (Å²) >= 11 is 0. The predicted molar refractivity (Wildman–Crippen MR) is 123 cm³/mol. The average molecular weight is 489 g/mol. The number of esters is 3. The first-order chi connectivity index (χ1) is 15.2. The van der Waals surface area contributed by atoms with Crippen molar-refractivity contribution >= 4 is 29.9 Å². The first-order valence-corrected chi connectivity index (χ1v) is 11.1. The van der Waals surface area contributed by atoms with E-state index in [-0.39, 0.29) is 19.3 Å². The first kappa shape index (κ1) is 31.1. The Morgan fingerprint density at radius 2 is 1.00 bits per heavy atom. The minimum atomic E-state index is -1.26. The third kappa shape index (κ3) is 15.9. The van der Waals surface area contributed by atoms with Gasteiger partial charge in [0.25, 0.3) is 0 Å². The fraction of sp³-hybridized carbons (Fsp3) is 0.783. The lowest BCUT2D eigenvalue weighted by molar-refractivity contribution is -0.159. The van der Waals surface area contributed by atoms with E-state index < -0.39 is 65.2 Å². The normalized spacial score (nSPS) is 13.8. The summed E-state index contributed by atoms with van der Waals surface area (Å²) < 4.78 is 15.8. The van der Waals surface area contributed by atoms with Gasteiger partial charge in [0.15, 0.2) is 0 Å². The number of amides is 2. The van der Waals surface area contributed by atoms with Crippen LogP contribution in [-0.2, 0) is 33.4 Å². The topological polar surface area (TPSA) is 157 Å². The molecule has 0 radical (unpaired) electrons. The van der Waals surface area contributed by atoms with Gasteiger partial charge in [0, 0.05) is 12.8 Å². The molecule has 0 aliphatic rings. The van der Waals surface area contributed by atoms with Gasteiger partial charge in [-0.2, -0.15) is 0 Å². The number of carbonyl (C=O) groups excluding carboxylic acids is 4. The maximum Gasteiger partial charge on any atom is 0.329 e. The van der Waals surface area contributed by atoms with Crippen LogP contribution in [0.2, 0.25) is 0 Å². The van der Waals surface area contributed by atoms with Crippen LogP contribution in [0.5, 0.6) is 0 Å². The molecule has 0 saturated carbocycles. The third-order valence-electron chi connectivity index (χ3n) is 3.70.